The molecule has 0 unspecified atom stereocenters. The topological polar surface area (TPSA) is 43.9 Å². The van der Waals surface area contributed by atoms with Gasteiger partial charge in [-0.1, -0.05) is 61.5 Å². The first kappa shape index (κ1) is 19.1. The summed E-state index contributed by atoms with van der Waals surface area (Å²) in [6.45, 7) is 4.70. The van der Waals surface area contributed by atoms with E-state index in [4.69, 9.17) is 9.62 Å². The molecule has 0 amide bonds. The van der Waals surface area contributed by atoms with Gasteiger partial charge in [-0.25, -0.2) is 4.68 Å². The minimum absolute atomic E-state index is 0.0112. The van der Waals surface area contributed by atoms with Crippen molar-refractivity contribution in [3.05, 3.63) is 88.0 Å². The van der Waals surface area contributed by atoms with E-state index in [2.05, 4.69) is 94.2 Å². The zero-order valence-electron chi connectivity index (χ0n) is 17.7. The average molecular weight is 474 g/mol. The number of hydrogen-bond donors (Lipinski definition) is 0. The van der Waals surface area contributed by atoms with E-state index in [1.54, 1.807) is 0 Å². The van der Waals surface area contributed by atoms with Crippen molar-refractivity contribution >= 4 is 15.9 Å². The van der Waals surface area contributed by atoms with Gasteiger partial charge >= 0.3 is 0 Å². The van der Waals surface area contributed by atoms with E-state index in [0.29, 0.717) is 11.8 Å². The van der Waals surface area contributed by atoms with Gasteiger partial charge in [0.25, 0.3) is 0 Å². The highest BCUT2D eigenvalue weighted by molar-refractivity contribution is 9.10. The van der Waals surface area contributed by atoms with Crippen LogP contribution in [0.15, 0.2) is 69.9 Å². The van der Waals surface area contributed by atoms with Gasteiger partial charge in [-0.15, -0.1) is 0 Å². The Morgan fingerprint density at radius 2 is 1.81 bits per heavy atom. The van der Waals surface area contributed by atoms with E-state index < -0.39 is 0 Å². The Morgan fingerprint density at radius 3 is 2.58 bits per heavy atom. The molecule has 0 spiro atoms. The first-order valence-corrected chi connectivity index (χ1v) is 11.7. The van der Waals surface area contributed by atoms with Gasteiger partial charge in [0, 0.05) is 22.5 Å². The second-order valence-electron chi connectivity index (χ2n) is 9.19. The van der Waals surface area contributed by atoms with Crippen LogP contribution in [0.2, 0.25) is 0 Å². The summed E-state index contributed by atoms with van der Waals surface area (Å²) < 4.78 is 8.79. The zero-order chi connectivity index (χ0) is 21.2. The molecular formula is C26H24BrN3O. The van der Waals surface area contributed by atoms with Crippen LogP contribution in [0.3, 0.4) is 0 Å². The van der Waals surface area contributed by atoms with Gasteiger partial charge in [0.2, 0.25) is 0 Å². The lowest BCUT2D eigenvalue weighted by atomic mass is 9.57. The van der Waals surface area contributed by atoms with Crippen molar-refractivity contribution in [2.45, 2.75) is 44.4 Å². The van der Waals surface area contributed by atoms with Crippen LogP contribution in [0.4, 0.5) is 0 Å². The first-order valence-electron chi connectivity index (χ1n) is 10.9. The van der Waals surface area contributed by atoms with Crippen LogP contribution in [0, 0.1) is 5.92 Å². The van der Waals surface area contributed by atoms with Gasteiger partial charge < -0.3 is 4.52 Å². The Hall–Kier alpha value is -2.66. The van der Waals surface area contributed by atoms with Gasteiger partial charge in [0.1, 0.15) is 10.4 Å². The number of halogens is 1. The summed E-state index contributed by atoms with van der Waals surface area (Å²) in [6.07, 6.45) is 5.02. The van der Waals surface area contributed by atoms with Crippen LogP contribution < -0.4 is 0 Å². The molecule has 4 nitrogen and oxygen atoms in total. The third-order valence-electron chi connectivity index (χ3n) is 7.47. The van der Waals surface area contributed by atoms with Gasteiger partial charge in [0.15, 0.2) is 0 Å². The Labute approximate surface area is 190 Å². The second kappa shape index (κ2) is 6.92. The van der Waals surface area contributed by atoms with Crippen LogP contribution in [0.25, 0.3) is 16.8 Å². The predicted octanol–water partition coefficient (Wildman–Crippen LogP) is 6.47. The summed E-state index contributed by atoms with van der Waals surface area (Å²) in [4.78, 5) is 0. The summed E-state index contributed by atoms with van der Waals surface area (Å²) in [7, 11) is 0. The highest BCUT2D eigenvalue weighted by Gasteiger charge is 2.51. The molecule has 0 saturated heterocycles. The molecule has 0 N–H and O–H groups in total. The number of hydrogen-bond acceptors (Lipinski definition) is 3. The lowest BCUT2D eigenvalue weighted by molar-refractivity contribution is 0.170. The lowest BCUT2D eigenvalue weighted by Gasteiger charge is -2.47. The molecule has 3 atom stereocenters. The van der Waals surface area contributed by atoms with Crippen LogP contribution in [0.1, 0.15) is 48.8 Å². The van der Waals surface area contributed by atoms with Gasteiger partial charge in [0.05, 0.1) is 17.6 Å². The molecule has 2 aliphatic carbocycles. The van der Waals surface area contributed by atoms with Gasteiger partial charge in [-0.05, 0) is 64.4 Å². The Bertz CT molecular complexity index is 1260. The van der Waals surface area contributed by atoms with E-state index in [1.165, 1.54) is 27.9 Å². The van der Waals surface area contributed by atoms with E-state index in [1.807, 2.05) is 6.20 Å². The van der Waals surface area contributed by atoms with Gasteiger partial charge in [-0.3, -0.25) is 0 Å². The molecule has 2 aromatic heterocycles. The molecule has 6 rings (SSSR count). The Balaban J connectivity index is 1.47. The molecule has 2 heterocycles. The summed E-state index contributed by atoms with van der Waals surface area (Å²) in [5, 5.41) is 9.08. The van der Waals surface area contributed by atoms with Crippen molar-refractivity contribution < 1.29 is 4.52 Å². The molecule has 0 aliphatic heterocycles. The Kier molecular flexibility index (Phi) is 4.26. The third kappa shape index (κ3) is 2.79. The molecule has 4 aromatic rings. The number of nitrogens with zero attached hydrogens (tertiary/aromatic N) is 3. The van der Waals surface area contributed by atoms with E-state index >= 15 is 0 Å². The maximum absolute atomic E-state index is 5.64. The SMILES string of the molecule is C[C@H]1c2oncc2C[C@@]2(C)c3c(c(Br)nn3-c3ccc(-c4ccccc4)cc3)CC[C@H]12. The normalized spacial score (nSPS) is 24.4. The largest absolute Gasteiger partial charge is 0.361 e. The highest BCUT2D eigenvalue weighted by atomic mass is 79.9. The molecule has 0 saturated carbocycles. The minimum atomic E-state index is -0.0112. The summed E-state index contributed by atoms with van der Waals surface area (Å²) in [5.41, 5.74) is 7.46. The van der Waals surface area contributed by atoms with Gasteiger partial charge in [-0.2, -0.15) is 5.10 Å². The van der Waals surface area contributed by atoms with Crippen LogP contribution in [0.5, 0.6) is 0 Å². The van der Waals surface area contributed by atoms with Crippen molar-refractivity contribution in [2.24, 2.45) is 5.92 Å². The second-order valence-corrected chi connectivity index (χ2v) is 9.94. The summed E-state index contributed by atoms with van der Waals surface area (Å²) in [6, 6.07) is 19.3. The molecular weight excluding hydrogens is 450 g/mol. The zero-order valence-corrected chi connectivity index (χ0v) is 19.3. The average Bonchev–Trinajstić information content (AvgIpc) is 3.39. The van der Waals surface area contributed by atoms with E-state index in [9.17, 15) is 0 Å². The minimum Gasteiger partial charge on any atom is -0.361 e. The molecule has 0 fully saturated rings. The maximum atomic E-state index is 5.64. The van der Waals surface area contributed by atoms with E-state index in [-0.39, 0.29) is 5.41 Å². The molecule has 2 aromatic carbocycles. The number of aromatic nitrogens is 3. The van der Waals surface area contributed by atoms with Crippen molar-refractivity contribution in [1.82, 2.24) is 14.9 Å². The van der Waals surface area contributed by atoms with Crippen LogP contribution in [-0.4, -0.2) is 14.9 Å². The fraction of sp³-hybridized carbons (Fsp3) is 0.308. The summed E-state index contributed by atoms with van der Waals surface area (Å²) in [5.74, 6) is 1.93. The molecule has 31 heavy (non-hydrogen) atoms. The molecule has 0 radical (unpaired) electrons. The maximum Gasteiger partial charge on any atom is 0.143 e. The monoisotopic (exact) mass is 473 g/mol. The summed E-state index contributed by atoms with van der Waals surface area (Å²) >= 11 is 3.77. The molecule has 156 valence electrons. The lowest BCUT2D eigenvalue weighted by Crippen LogP contribution is -2.45. The number of rotatable bonds is 2. The van der Waals surface area contributed by atoms with Crippen molar-refractivity contribution in [1.29, 1.82) is 0 Å². The fourth-order valence-electron chi connectivity index (χ4n) is 6.01. The standard InChI is InChI=1S/C26H24BrN3O/c1-16-22-13-12-21-24(26(22,2)14-19-15-28-31-23(16)19)30(29-25(21)27)20-10-8-18(9-11-20)17-6-4-3-5-7-17/h3-11,15-16,22H,12-14H2,1-2H3/t16-,22-,26-/m1/s1. The molecule has 2 aliphatic rings. The first-order chi connectivity index (χ1) is 15.1. The molecule has 0 bridgehead atoms. The Morgan fingerprint density at radius 1 is 1.06 bits per heavy atom. The van der Waals surface area contributed by atoms with Crippen molar-refractivity contribution in [2.75, 3.05) is 0 Å². The fourth-order valence-corrected chi connectivity index (χ4v) is 6.56. The van der Waals surface area contributed by atoms with Crippen LogP contribution >= 0.6 is 15.9 Å². The van der Waals surface area contributed by atoms with Crippen LogP contribution in [-0.2, 0) is 18.3 Å². The number of fused-ring (bicyclic) bond motifs is 4. The number of benzene rings is 2. The third-order valence-corrected chi connectivity index (χ3v) is 8.11. The highest BCUT2D eigenvalue weighted by Crippen LogP contribution is 2.54. The van der Waals surface area contributed by atoms with Crippen molar-refractivity contribution in [3.63, 3.8) is 0 Å². The van der Waals surface area contributed by atoms with E-state index in [0.717, 1.165) is 35.3 Å². The quantitative estimate of drug-likeness (QED) is 0.335. The van der Waals surface area contributed by atoms with Crippen molar-refractivity contribution in [3.8, 4) is 16.8 Å². The predicted molar refractivity (Wildman–Crippen MR) is 124 cm³/mol. The molecule has 5 heteroatoms. The smallest absolute Gasteiger partial charge is 0.143 e.